The molecule has 1 N–H and O–H groups in total. The number of aromatic nitrogens is 4. The number of alkyl halides is 3. The van der Waals surface area contributed by atoms with E-state index in [0.29, 0.717) is 31.6 Å². The molecule has 0 unspecified atom stereocenters. The van der Waals surface area contributed by atoms with Gasteiger partial charge in [-0.15, -0.1) is 0 Å². The first-order chi connectivity index (χ1) is 14.8. The number of nitrogens with one attached hydrogen (secondary N) is 1. The quantitative estimate of drug-likeness (QED) is 0.681. The standard InChI is InChI=1S/C21H21F3N6O/c1-14-25-8-11-30(14)19-12-18(26-13-27-19)29-9-6-15(7-10-29)20(31)28-17-4-2-16(3-5-17)21(22,23)24/h2-5,8,11-13,15H,6-7,9-10H2,1H3,(H,28,31). The number of piperidine rings is 1. The van der Waals surface area contributed by atoms with Crippen LogP contribution in [0.15, 0.2) is 49.1 Å². The molecule has 10 heteroatoms. The Morgan fingerprint density at radius 2 is 1.74 bits per heavy atom. The monoisotopic (exact) mass is 430 g/mol. The zero-order chi connectivity index (χ0) is 22.0. The molecule has 0 bridgehead atoms. The fourth-order valence-corrected chi connectivity index (χ4v) is 3.62. The number of halogens is 3. The second-order valence-electron chi connectivity index (χ2n) is 7.40. The van der Waals surface area contributed by atoms with Crippen LogP contribution in [-0.4, -0.2) is 38.5 Å². The average molecular weight is 430 g/mol. The third-order valence-electron chi connectivity index (χ3n) is 5.38. The first-order valence-electron chi connectivity index (χ1n) is 9.87. The Labute approximate surface area is 177 Å². The lowest BCUT2D eigenvalue weighted by atomic mass is 9.95. The van der Waals surface area contributed by atoms with E-state index in [1.165, 1.54) is 18.5 Å². The number of amides is 1. The van der Waals surface area contributed by atoms with Crippen molar-refractivity contribution in [3.8, 4) is 5.82 Å². The van der Waals surface area contributed by atoms with Crippen molar-refractivity contribution < 1.29 is 18.0 Å². The molecule has 2 aromatic heterocycles. The highest BCUT2D eigenvalue weighted by Crippen LogP contribution is 2.30. The molecule has 0 saturated carbocycles. The summed E-state index contributed by atoms with van der Waals surface area (Å²) in [5, 5.41) is 2.72. The molecule has 3 heterocycles. The second kappa shape index (κ2) is 8.37. The van der Waals surface area contributed by atoms with Gasteiger partial charge in [0.1, 0.15) is 23.8 Å². The first kappa shape index (κ1) is 20.8. The molecule has 0 radical (unpaired) electrons. The third kappa shape index (κ3) is 4.68. The van der Waals surface area contributed by atoms with E-state index < -0.39 is 11.7 Å². The Bertz CT molecular complexity index is 1060. The van der Waals surface area contributed by atoms with Gasteiger partial charge in [0.15, 0.2) is 0 Å². The summed E-state index contributed by atoms with van der Waals surface area (Å²) in [6, 6.07) is 6.36. The fourth-order valence-electron chi connectivity index (χ4n) is 3.62. The third-order valence-corrected chi connectivity index (χ3v) is 5.38. The number of imidazole rings is 1. The van der Waals surface area contributed by atoms with E-state index >= 15 is 0 Å². The molecule has 1 aliphatic heterocycles. The van der Waals surface area contributed by atoms with Crippen molar-refractivity contribution in [1.29, 1.82) is 0 Å². The number of rotatable bonds is 4. The van der Waals surface area contributed by atoms with Crippen molar-refractivity contribution in [2.75, 3.05) is 23.3 Å². The van der Waals surface area contributed by atoms with Crippen molar-refractivity contribution in [1.82, 2.24) is 19.5 Å². The van der Waals surface area contributed by atoms with Crippen LogP contribution in [0, 0.1) is 12.8 Å². The number of aryl methyl sites for hydroxylation is 1. The summed E-state index contributed by atoms with van der Waals surface area (Å²) in [5.41, 5.74) is -0.384. The lowest BCUT2D eigenvalue weighted by Crippen LogP contribution is -2.38. The lowest BCUT2D eigenvalue weighted by molar-refractivity contribution is -0.137. The molecule has 1 fully saturated rings. The van der Waals surface area contributed by atoms with Crippen LogP contribution in [0.2, 0.25) is 0 Å². The van der Waals surface area contributed by atoms with Crippen LogP contribution >= 0.6 is 0 Å². The average Bonchev–Trinajstić information content (AvgIpc) is 3.19. The summed E-state index contributed by atoms with van der Waals surface area (Å²) in [7, 11) is 0. The maximum atomic E-state index is 12.7. The van der Waals surface area contributed by atoms with Gasteiger partial charge >= 0.3 is 6.18 Å². The Morgan fingerprint density at radius 3 is 2.35 bits per heavy atom. The number of hydrogen-bond acceptors (Lipinski definition) is 5. The Hall–Kier alpha value is -3.43. The molecule has 1 aliphatic rings. The maximum absolute atomic E-state index is 12.7. The van der Waals surface area contributed by atoms with Crippen LogP contribution in [0.4, 0.5) is 24.7 Å². The van der Waals surface area contributed by atoms with E-state index in [1.54, 1.807) is 6.20 Å². The molecule has 1 amide bonds. The minimum absolute atomic E-state index is 0.183. The topological polar surface area (TPSA) is 75.9 Å². The minimum atomic E-state index is -4.40. The Morgan fingerprint density at radius 1 is 1.06 bits per heavy atom. The molecule has 1 saturated heterocycles. The number of benzene rings is 1. The highest BCUT2D eigenvalue weighted by molar-refractivity contribution is 5.92. The van der Waals surface area contributed by atoms with Gasteiger partial charge in [-0.2, -0.15) is 13.2 Å². The number of carbonyl (C=O) groups excluding carboxylic acids is 1. The van der Waals surface area contributed by atoms with Crippen LogP contribution in [0.1, 0.15) is 24.2 Å². The van der Waals surface area contributed by atoms with Crippen molar-refractivity contribution in [2.24, 2.45) is 5.92 Å². The van der Waals surface area contributed by atoms with Gasteiger partial charge in [0.2, 0.25) is 5.91 Å². The van der Waals surface area contributed by atoms with Crippen molar-refractivity contribution in [3.05, 3.63) is 60.4 Å². The van der Waals surface area contributed by atoms with Gasteiger partial charge in [-0.3, -0.25) is 9.36 Å². The summed E-state index contributed by atoms with van der Waals surface area (Å²) in [6.07, 6.45) is 1.89. The zero-order valence-corrected chi connectivity index (χ0v) is 16.8. The zero-order valence-electron chi connectivity index (χ0n) is 16.8. The predicted octanol–water partition coefficient (Wildman–Crippen LogP) is 3.84. The molecular weight excluding hydrogens is 409 g/mol. The SMILES string of the molecule is Cc1nccn1-c1cc(N2CCC(C(=O)Nc3ccc(C(F)(F)F)cc3)CC2)ncn1. The smallest absolute Gasteiger partial charge is 0.356 e. The fraction of sp³-hybridized carbons (Fsp3) is 0.333. The van der Waals surface area contributed by atoms with Gasteiger partial charge in [0.05, 0.1) is 5.56 Å². The van der Waals surface area contributed by atoms with Gasteiger partial charge in [-0.05, 0) is 44.0 Å². The Balaban J connectivity index is 1.35. The van der Waals surface area contributed by atoms with Gasteiger partial charge in [-0.25, -0.2) is 15.0 Å². The van der Waals surface area contributed by atoms with Crippen LogP contribution in [0.5, 0.6) is 0 Å². The number of nitrogens with zero attached hydrogens (tertiary/aromatic N) is 5. The first-order valence-corrected chi connectivity index (χ1v) is 9.87. The van der Waals surface area contributed by atoms with E-state index in [0.717, 1.165) is 29.6 Å². The molecule has 4 rings (SSSR count). The molecule has 1 aromatic carbocycles. The normalized spacial score (nSPS) is 15.2. The predicted molar refractivity (Wildman–Crippen MR) is 109 cm³/mol. The van der Waals surface area contributed by atoms with Crippen LogP contribution in [0.25, 0.3) is 5.82 Å². The molecule has 0 atom stereocenters. The minimum Gasteiger partial charge on any atom is -0.356 e. The summed E-state index contributed by atoms with van der Waals surface area (Å²) in [4.78, 5) is 27.5. The Kier molecular flexibility index (Phi) is 5.62. The maximum Gasteiger partial charge on any atom is 0.416 e. The van der Waals surface area contributed by atoms with Crippen LogP contribution < -0.4 is 10.2 Å². The summed E-state index contributed by atoms with van der Waals surface area (Å²) in [6.45, 7) is 3.18. The number of carbonyl (C=O) groups is 1. The molecular formula is C21H21F3N6O. The molecule has 31 heavy (non-hydrogen) atoms. The number of hydrogen-bond donors (Lipinski definition) is 1. The van der Waals surface area contributed by atoms with Crippen molar-refractivity contribution in [3.63, 3.8) is 0 Å². The van der Waals surface area contributed by atoms with E-state index in [9.17, 15) is 18.0 Å². The highest BCUT2D eigenvalue weighted by Gasteiger charge is 2.30. The largest absolute Gasteiger partial charge is 0.416 e. The van der Waals surface area contributed by atoms with Crippen molar-refractivity contribution in [2.45, 2.75) is 25.9 Å². The molecule has 0 aliphatic carbocycles. The van der Waals surface area contributed by atoms with E-state index in [-0.39, 0.29) is 11.8 Å². The lowest BCUT2D eigenvalue weighted by Gasteiger charge is -2.32. The van der Waals surface area contributed by atoms with Gasteiger partial charge < -0.3 is 10.2 Å². The van der Waals surface area contributed by atoms with Gasteiger partial charge in [0.25, 0.3) is 0 Å². The molecule has 162 valence electrons. The van der Waals surface area contributed by atoms with Gasteiger partial charge in [-0.1, -0.05) is 0 Å². The number of anilines is 2. The molecule has 0 spiro atoms. The van der Waals surface area contributed by atoms with E-state index in [2.05, 4.69) is 25.2 Å². The second-order valence-corrected chi connectivity index (χ2v) is 7.40. The van der Waals surface area contributed by atoms with E-state index in [1.807, 2.05) is 23.8 Å². The van der Waals surface area contributed by atoms with E-state index in [4.69, 9.17) is 0 Å². The summed E-state index contributed by atoms with van der Waals surface area (Å²) < 4.78 is 39.9. The van der Waals surface area contributed by atoms with Crippen LogP contribution in [-0.2, 0) is 11.0 Å². The highest BCUT2D eigenvalue weighted by atomic mass is 19.4. The molecule has 3 aromatic rings. The molecule has 7 nitrogen and oxygen atoms in total. The summed E-state index contributed by atoms with van der Waals surface area (Å²) >= 11 is 0. The van der Waals surface area contributed by atoms with Gasteiger partial charge in [0, 0.05) is 43.2 Å². The van der Waals surface area contributed by atoms with Crippen LogP contribution in [0.3, 0.4) is 0 Å². The van der Waals surface area contributed by atoms with Crippen molar-refractivity contribution >= 4 is 17.4 Å². The summed E-state index contributed by atoms with van der Waals surface area (Å²) in [5.74, 6) is 1.93.